The van der Waals surface area contributed by atoms with Crippen LogP contribution in [0.4, 0.5) is 0 Å². The van der Waals surface area contributed by atoms with Gasteiger partial charge in [-0.3, -0.25) is 9.59 Å². The van der Waals surface area contributed by atoms with Crippen molar-refractivity contribution in [3.8, 4) is 11.3 Å². The molecule has 0 radical (unpaired) electrons. The van der Waals surface area contributed by atoms with Crippen LogP contribution in [0, 0.1) is 11.8 Å². The molecule has 1 aliphatic rings. The van der Waals surface area contributed by atoms with E-state index in [9.17, 15) is 9.59 Å². The average Bonchev–Trinajstić information content (AvgIpc) is 3.22. The molecule has 166 valence electrons. The van der Waals surface area contributed by atoms with Crippen molar-refractivity contribution in [1.29, 1.82) is 0 Å². The molecule has 1 heterocycles. The van der Waals surface area contributed by atoms with E-state index < -0.39 is 5.92 Å². The Kier molecular flexibility index (Phi) is 6.40. The lowest BCUT2D eigenvalue weighted by molar-refractivity contribution is 0.0737. The van der Waals surface area contributed by atoms with Crippen molar-refractivity contribution < 1.29 is 9.59 Å². The summed E-state index contributed by atoms with van der Waals surface area (Å²) in [5, 5.41) is 4.94. The molecule has 4 nitrogen and oxygen atoms in total. The molecule has 1 aliphatic carbocycles. The molecule has 0 saturated heterocycles. The van der Waals surface area contributed by atoms with Crippen molar-refractivity contribution in [2.24, 2.45) is 11.8 Å². The fraction of sp³-hybridized carbons (Fsp3) is 0.393. The minimum absolute atomic E-state index is 0.140. The van der Waals surface area contributed by atoms with Crippen LogP contribution in [0.1, 0.15) is 85.2 Å². The lowest BCUT2D eigenvalue weighted by Gasteiger charge is -2.28. The number of aromatic nitrogens is 2. The van der Waals surface area contributed by atoms with Gasteiger partial charge in [-0.25, -0.2) is 0 Å². The summed E-state index contributed by atoms with van der Waals surface area (Å²) >= 11 is 0. The average molecular weight is 429 g/mol. The molecule has 0 fully saturated rings. The van der Waals surface area contributed by atoms with Gasteiger partial charge in [-0.05, 0) is 31.1 Å². The summed E-state index contributed by atoms with van der Waals surface area (Å²) < 4.78 is 1.56. The molecule has 32 heavy (non-hydrogen) atoms. The van der Waals surface area contributed by atoms with Gasteiger partial charge in [-0.15, -0.1) is 0 Å². The minimum atomic E-state index is -0.756. The zero-order valence-electron chi connectivity index (χ0n) is 19.4. The third-order valence-corrected chi connectivity index (χ3v) is 6.85. The summed E-state index contributed by atoms with van der Waals surface area (Å²) in [4.78, 5) is 27.1. The summed E-state index contributed by atoms with van der Waals surface area (Å²) in [5.74, 6) is -0.0436. The fourth-order valence-corrected chi connectivity index (χ4v) is 5.02. The second-order valence-electron chi connectivity index (χ2n) is 9.28. The Hall–Kier alpha value is -3.01. The maximum absolute atomic E-state index is 13.9. The molecule has 4 heteroatoms. The van der Waals surface area contributed by atoms with E-state index in [1.54, 1.807) is 16.8 Å². The summed E-state index contributed by atoms with van der Waals surface area (Å²) in [6.07, 6.45) is 2.59. The SMILES string of the molecule is CC[C@H](C(=O)c1ccccc1)C(=O)n1nc2c(c1-c1ccccc1)[C@H](C)CC[C@@H]2C(C)C. The topological polar surface area (TPSA) is 52.0 Å². The van der Waals surface area contributed by atoms with E-state index >= 15 is 0 Å². The Labute approximate surface area is 190 Å². The number of benzene rings is 2. The lowest BCUT2D eigenvalue weighted by atomic mass is 9.75. The molecule has 0 bridgehead atoms. The van der Waals surface area contributed by atoms with E-state index in [2.05, 4.69) is 20.8 Å². The predicted octanol–water partition coefficient (Wildman–Crippen LogP) is 6.74. The smallest absolute Gasteiger partial charge is 0.258 e. The first-order valence-electron chi connectivity index (χ1n) is 11.8. The molecule has 0 amide bonds. The van der Waals surface area contributed by atoms with Crippen molar-refractivity contribution in [2.75, 3.05) is 0 Å². The van der Waals surface area contributed by atoms with Gasteiger partial charge in [0.1, 0.15) is 5.92 Å². The molecular formula is C28H32N2O2. The van der Waals surface area contributed by atoms with Gasteiger partial charge in [0.25, 0.3) is 5.91 Å². The van der Waals surface area contributed by atoms with Gasteiger partial charge in [0.05, 0.1) is 11.4 Å². The minimum Gasteiger partial charge on any atom is -0.293 e. The first-order valence-corrected chi connectivity index (χ1v) is 11.8. The first kappa shape index (κ1) is 22.2. The van der Waals surface area contributed by atoms with Gasteiger partial charge in [-0.2, -0.15) is 9.78 Å². The highest BCUT2D eigenvalue weighted by molar-refractivity contribution is 6.11. The van der Waals surface area contributed by atoms with Gasteiger partial charge < -0.3 is 0 Å². The van der Waals surface area contributed by atoms with Crippen molar-refractivity contribution in [3.05, 3.63) is 77.5 Å². The molecule has 0 saturated carbocycles. The first-order chi connectivity index (χ1) is 15.4. The molecular weight excluding hydrogens is 396 g/mol. The zero-order chi connectivity index (χ0) is 22.8. The molecule has 1 aromatic heterocycles. The number of fused-ring (bicyclic) bond motifs is 1. The normalized spacial score (nSPS) is 18.9. The fourth-order valence-electron chi connectivity index (χ4n) is 5.02. The van der Waals surface area contributed by atoms with E-state index in [0.717, 1.165) is 29.8 Å². The van der Waals surface area contributed by atoms with Gasteiger partial charge in [0.15, 0.2) is 5.78 Å². The van der Waals surface area contributed by atoms with E-state index in [0.29, 0.717) is 29.7 Å². The van der Waals surface area contributed by atoms with Crippen molar-refractivity contribution in [2.45, 2.75) is 58.8 Å². The number of carbonyl (C=O) groups excluding carboxylic acids is 2. The molecule has 2 aromatic carbocycles. The largest absolute Gasteiger partial charge is 0.293 e. The Balaban J connectivity index is 1.87. The van der Waals surface area contributed by atoms with Crippen LogP contribution in [-0.2, 0) is 0 Å². The summed E-state index contributed by atoms with van der Waals surface area (Å²) in [6, 6.07) is 19.1. The summed E-state index contributed by atoms with van der Waals surface area (Å²) in [7, 11) is 0. The van der Waals surface area contributed by atoms with Crippen LogP contribution < -0.4 is 0 Å². The number of carbonyl (C=O) groups is 2. The van der Waals surface area contributed by atoms with Crippen LogP contribution >= 0.6 is 0 Å². The van der Waals surface area contributed by atoms with Crippen LogP contribution in [0.25, 0.3) is 11.3 Å². The van der Waals surface area contributed by atoms with E-state index in [-0.39, 0.29) is 11.7 Å². The number of hydrogen-bond donors (Lipinski definition) is 0. The molecule has 0 N–H and O–H groups in total. The summed E-state index contributed by atoms with van der Waals surface area (Å²) in [6.45, 7) is 8.57. The third kappa shape index (κ3) is 3.94. The van der Waals surface area contributed by atoms with Crippen LogP contribution in [-0.4, -0.2) is 21.5 Å². The molecule has 0 aliphatic heterocycles. The number of ketones is 1. The molecule has 3 atom stereocenters. The van der Waals surface area contributed by atoms with Crippen molar-refractivity contribution >= 4 is 11.7 Å². The highest BCUT2D eigenvalue weighted by Gasteiger charge is 2.37. The van der Waals surface area contributed by atoms with Gasteiger partial charge in [0.2, 0.25) is 0 Å². The van der Waals surface area contributed by atoms with E-state index in [4.69, 9.17) is 5.10 Å². The Bertz CT molecular complexity index is 1100. The number of Topliss-reactive ketones (excluding diaryl/α,β-unsaturated/α-hetero) is 1. The van der Waals surface area contributed by atoms with Crippen LogP contribution in [0.15, 0.2) is 60.7 Å². The zero-order valence-corrected chi connectivity index (χ0v) is 19.4. The summed E-state index contributed by atoms with van der Waals surface area (Å²) in [5.41, 5.74) is 4.62. The highest BCUT2D eigenvalue weighted by atomic mass is 16.2. The molecule has 4 rings (SSSR count). The standard InChI is InChI=1S/C28H32N2O2/c1-5-22(27(31)21-14-10-7-11-15-21)28(32)30-26(20-12-8-6-9-13-20)24-19(4)16-17-23(18(2)3)25(24)29-30/h6-15,18-19,22-23H,5,16-17H2,1-4H3/t19-,22-,23-/m1/s1. The Morgan fingerprint density at radius 3 is 2.22 bits per heavy atom. The van der Waals surface area contributed by atoms with Crippen molar-refractivity contribution in [3.63, 3.8) is 0 Å². The molecule has 0 unspecified atom stereocenters. The van der Waals surface area contributed by atoms with Crippen LogP contribution in [0.2, 0.25) is 0 Å². The molecule has 0 spiro atoms. The third-order valence-electron chi connectivity index (χ3n) is 6.85. The highest BCUT2D eigenvalue weighted by Crippen LogP contribution is 2.46. The lowest BCUT2D eigenvalue weighted by Crippen LogP contribution is -2.30. The van der Waals surface area contributed by atoms with Crippen LogP contribution in [0.5, 0.6) is 0 Å². The number of rotatable bonds is 6. The van der Waals surface area contributed by atoms with Gasteiger partial charge in [-0.1, -0.05) is 88.4 Å². The van der Waals surface area contributed by atoms with E-state index in [1.807, 2.05) is 55.5 Å². The monoisotopic (exact) mass is 428 g/mol. The quantitative estimate of drug-likeness (QED) is 0.323. The van der Waals surface area contributed by atoms with Crippen molar-refractivity contribution in [1.82, 2.24) is 9.78 Å². The maximum atomic E-state index is 13.9. The second kappa shape index (κ2) is 9.23. The van der Waals surface area contributed by atoms with E-state index in [1.165, 1.54) is 5.56 Å². The Morgan fingerprint density at radius 2 is 1.62 bits per heavy atom. The predicted molar refractivity (Wildman–Crippen MR) is 128 cm³/mol. The maximum Gasteiger partial charge on any atom is 0.258 e. The number of nitrogens with zero attached hydrogens (tertiary/aromatic N) is 2. The number of hydrogen-bond acceptors (Lipinski definition) is 3. The van der Waals surface area contributed by atoms with Gasteiger partial charge in [0, 0.05) is 22.6 Å². The molecule has 3 aromatic rings. The Morgan fingerprint density at radius 1 is 1.00 bits per heavy atom. The van der Waals surface area contributed by atoms with Crippen LogP contribution in [0.3, 0.4) is 0 Å². The second-order valence-corrected chi connectivity index (χ2v) is 9.28. The van der Waals surface area contributed by atoms with Gasteiger partial charge >= 0.3 is 0 Å².